The molecule has 4 atom stereocenters. The molecule has 1 saturated heterocycles. The van der Waals surface area contributed by atoms with E-state index in [9.17, 15) is 0 Å². The molecule has 0 radical (unpaired) electrons. The standard InChI is InChI=1S/C13H25NO2/c1-4-14-6-7-16-13-8-10(3)12(15-5-2)9-11(13)14/h10-13H,4-9H2,1-3H3. The maximum atomic E-state index is 5.91. The Morgan fingerprint density at radius 1 is 1.31 bits per heavy atom. The van der Waals surface area contributed by atoms with Gasteiger partial charge in [-0.05, 0) is 32.2 Å². The van der Waals surface area contributed by atoms with E-state index in [1.165, 1.54) is 0 Å². The zero-order valence-electron chi connectivity index (χ0n) is 10.8. The predicted molar refractivity (Wildman–Crippen MR) is 64.6 cm³/mol. The minimum atomic E-state index is 0.432. The molecule has 0 aromatic carbocycles. The van der Waals surface area contributed by atoms with Gasteiger partial charge in [0, 0.05) is 19.2 Å². The molecule has 2 rings (SSSR count). The third-order valence-electron chi connectivity index (χ3n) is 4.11. The van der Waals surface area contributed by atoms with E-state index in [1.807, 2.05) is 0 Å². The second kappa shape index (κ2) is 5.48. The highest BCUT2D eigenvalue weighted by molar-refractivity contribution is 4.93. The van der Waals surface area contributed by atoms with E-state index in [0.29, 0.717) is 24.2 Å². The molecule has 94 valence electrons. The molecule has 2 fully saturated rings. The van der Waals surface area contributed by atoms with E-state index >= 15 is 0 Å². The van der Waals surface area contributed by atoms with Crippen LogP contribution in [-0.2, 0) is 9.47 Å². The van der Waals surface area contributed by atoms with Crippen LogP contribution >= 0.6 is 0 Å². The van der Waals surface area contributed by atoms with Gasteiger partial charge in [-0.25, -0.2) is 0 Å². The average Bonchev–Trinajstić information content (AvgIpc) is 2.29. The molecule has 16 heavy (non-hydrogen) atoms. The minimum absolute atomic E-state index is 0.432. The van der Waals surface area contributed by atoms with E-state index in [-0.39, 0.29) is 0 Å². The monoisotopic (exact) mass is 227 g/mol. The van der Waals surface area contributed by atoms with Crippen LogP contribution in [0.5, 0.6) is 0 Å². The van der Waals surface area contributed by atoms with Crippen LogP contribution in [0.3, 0.4) is 0 Å². The van der Waals surface area contributed by atoms with Crippen molar-refractivity contribution >= 4 is 0 Å². The largest absolute Gasteiger partial charge is 0.378 e. The third-order valence-corrected chi connectivity index (χ3v) is 4.11. The van der Waals surface area contributed by atoms with Crippen molar-refractivity contribution in [3.63, 3.8) is 0 Å². The molecule has 0 aromatic rings. The zero-order chi connectivity index (χ0) is 11.5. The average molecular weight is 227 g/mol. The van der Waals surface area contributed by atoms with Gasteiger partial charge in [0.1, 0.15) is 0 Å². The van der Waals surface area contributed by atoms with E-state index in [4.69, 9.17) is 9.47 Å². The summed E-state index contributed by atoms with van der Waals surface area (Å²) in [6.45, 7) is 10.6. The molecule has 0 amide bonds. The molecule has 1 aliphatic heterocycles. The van der Waals surface area contributed by atoms with Gasteiger partial charge in [0.15, 0.2) is 0 Å². The SMILES string of the molecule is CCOC1CC2C(CC1C)OCCN2CC. The molecule has 1 aliphatic carbocycles. The van der Waals surface area contributed by atoms with E-state index in [0.717, 1.165) is 39.1 Å². The number of ether oxygens (including phenoxy) is 2. The molecular formula is C13H25NO2. The minimum Gasteiger partial charge on any atom is -0.378 e. The van der Waals surface area contributed by atoms with Gasteiger partial charge in [-0.2, -0.15) is 0 Å². The number of likely N-dealkylation sites (N-methyl/N-ethyl adjacent to an activating group) is 1. The van der Waals surface area contributed by atoms with Gasteiger partial charge >= 0.3 is 0 Å². The van der Waals surface area contributed by atoms with Gasteiger partial charge in [-0.3, -0.25) is 4.90 Å². The van der Waals surface area contributed by atoms with Crippen LogP contribution in [-0.4, -0.2) is 49.5 Å². The van der Waals surface area contributed by atoms with Crippen molar-refractivity contribution in [2.45, 2.75) is 51.9 Å². The highest BCUT2D eigenvalue weighted by Crippen LogP contribution is 2.33. The summed E-state index contributed by atoms with van der Waals surface area (Å²) in [5.41, 5.74) is 0. The first-order valence-corrected chi connectivity index (χ1v) is 6.73. The van der Waals surface area contributed by atoms with Crippen molar-refractivity contribution in [1.29, 1.82) is 0 Å². The van der Waals surface area contributed by atoms with Crippen LogP contribution in [0.1, 0.15) is 33.6 Å². The Balaban J connectivity index is 2.00. The lowest BCUT2D eigenvalue weighted by Gasteiger charge is -2.47. The van der Waals surface area contributed by atoms with Crippen LogP contribution < -0.4 is 0 Å². The van der Waals surface area contributed by atoms with Crippen molar-refractivity contribution < 1.29 is 9.47 Å². The summed E-state index contributed by atoms with van der Waals surface area (Å²) < 4.78 is 11.8. The predicted octanol–water partition coefficient (Wildman–Crippen LogP) is 1.91. The summed E-state index contributed by atoms with van der Waals surface area (Å²) >= 11 is 0. The Kier molecular flexibility index (Phi) is 4.22. The number of rotatable bonds is 3. The van der Waals surface area contributed by atoms with Gasteiger partial charge < -0.3 is 9.47 Å². The summed E-state index contributed by atoms with van der Waals surface area (Å²) in [5, 5.41) is 0. The lowest BCUT2D eigenvalue weighted by molar-refractivity contribution is -0.132. The Hall–Kier alpha value is -0.120. The number of nitrogens with zero attached hydrogens (tertiary/aromatic N) is 1. The molecule has 2 aliphatic rings. The second-order valence-corrected chi connectivity index (χ2v) is 5.05. The molecule has 3 heteroatoms. The number of hydrogen-bond acceptors (Lipinski definition) is 3. The summed E-state index contributed by atoms with van der Waals surface area (Å²) in [6, 6.07) is 0.589. The van der Waals surface area contributed by atoms with Gasteiger partial charge in [-0.1, -0.05) is 13.8 Å². The highest BCUT2D eigenvalue weighted by atomic mass is 16.5. The number of fused-ring (bicyclic) bond motifs is 1. The van der Waals surface area contributed by atoms with E-state index in [2.05, 4.69) is 25.7 Å². The lowest BCUT2D eigenvalue weighted by atomic mass is 9.81. The topological polar surface area (TPSA) is 21.7 Å². The molecule has 3 nitrogen and oxygen atoms in total. The van der Waals surface area contributed by atoms with Gasteiger partial charge in [0.25, 0.3) is 0 Å². The fourth-order valence-corrected chi connectivity index (χ4v) is 3.19. The summed E-state index contributed by atoms with van der Waals surface area (Å²) in [5.74, 6) is 0.637. The zero-order valence-corrected chi connectivity index (χ0v) is 10.8. The van der Waals surface area contributed by atoms with Gasteiger partial charge in [0.05, 0.1) is 18.8 Å². The fourth-order valence-electron chi connectivity index (χ4n) is 3.19. The number of hydrogen-bond donors (Lipinski definition) is 0. The molecule has 4 unspecified atom stereocenters. The summed E-state index contributed by atoms with van der Waals surface area (Å²) in [6.07, 6.45) is 3.18. The van der Waals surface area contributed by atoms with Crippen molar-refractivity contribution in [1.82, 2.24) is 4.90 Å². The van der Waals surface area contributed by atoms with Crippen molar-refractivity contribution in [2.24, 2.45) is 5.92 Å². The second-order valence-electron chi connectivity index (χ2n) is 5.05. The smallest absolute Gasteiger partial charge is 0.0735 e. The first-order chi connectivity index (χ1) is 7.76. The molecule has 0 spiro atoms. The normalized spacial score (nSPS) is 40.7. The first-order valence-electron chi connectivity index (χ1n) is 6.73. The Bertz CT molecular complexity index is 222. The van der Waals surface area contributed by atoms with E-state index in [1.54, 1.807) is 0 Å². The first kappa shape index (κ1) is 12.3. The van der Waals surface area contributed by atoms with Gasteiger partial charge in [-0.15, -0.1) is 0 Å². The van der Waals surface area contributed by atoms with Crippen molar-refractivity contribution in [3.05, 3.63) is 0 Å². The Morgan fingerprint density at radius 2 is 2.12 bits per heavy atom. The lowest BCUT2D eigenvalue weighted by Crippen LogP contribution is -2.56. The highest BCUT2D eigenvalue weighted by Gasteiger charge is 2.40. The quantitative estimate of drug-likeness (QED) is 0.735. The van der Waals surface area contributed by atoms with Crippen LogP contribution in [0.2, 0.25) is 0 Å². The Morgan fingerprint density at radius 3 is 2.81 bits per heavy atom. The maximum absolute atomic E-state index is 5.91. The van der Waals surface area contributed by atoms with Crippen LogP contribution in [0.25, 0.3) is 0 Å². The molecule has 0 aromatic heterocycles. The van der Waals surface area contributed by atoms with Crippen molar-refractivity contribution in [3.8, 4) is 0 Å². The van der Waals surface area contributed by atoms with Crippen LogP contribution in [0, 0.1) is 5.92 Å². The summed E-state index contributed by atoms with van der Waals surface area (Å²) in [7, 11) is 0. The third kappa shape index (κ3) is 2.41. The van der Waals surface area contributed by atoms with Gasteiger partial charge in [0.2, 0.25) is 0 Å². The molecular weight excluding hydrogens is 202 g/mol. The maximum Gasteiger partial charge on any atom is 0.0735 e. The molecule has 0 N–H and O–H groups in total. The van der Waals surface area contributed by atoms with Crippen molar-refractivity contribution in [2.75, 3.05) is 26.3 Å². The van der Waals surface area contributed by atoms with E-state index < -0.39 is 0 Å². The summed E-state index contributed by atoms with van der Waals surface area (Å²) in [4.78, 5) is 2.56. The molecule has 0 bridgehead atoms. The Labute approximate surface area is 99.1 Å². The molecule has 1 heterocycles. The van der Waals surface area contributed by atoms with Crippen LogP contribution in [0.15, 0.2) is 0 Å². The molecule has 1 saturated carbocycles. The number of morpholine rings is 1. The fraction of sp³-hybridized carbons (Fsp3) is 1.00. The van der Waals surface area contributed by atoms with Crippen LogP contribution in [0.4, 0.5) is 0 Å².